The fourth-order valence-electron chi connectivity index (χ4n) is 0.910. The number of hydrogen-bond acceptors (Lipinski definition) is 3. The van der Waals surface area contributed by atoms with Crippen LogP contribution in [0.3, 0.4) is 0 Å². The average Bonchev–Trinajstić information content (AvgIpc) is 2.47. The van der Waals surface area contributed by atoms with E-state index in [-0.39, 0.29) is 12.6 Å². The van der Waals surface area contributed by atoms with Gasteiger partial charge in [-0.05, 0) is 13.8 Å². The number of aromatic amines is 1. The Labute approximate surface area is 72.0 Å². The molecule has 1 aromatic heterocycles. The standard InChI is InChI=1S/C8H15N3O/c1-6(5-12)9-3-8-4-10-7(2)11-8/h4,6,9,12H,3,5H2,1-2H3,(H,10,11)/t6-/m1/s1. The lowest BCUT2D eigenvalue weighted by Gasteiger charge is -2.08. The minimum atomic E-state index is 0.133. The van der Waals surface area contributed by atoms with Crippen LogP contribution in [-0.2, 0) is 6.54 Å². The number of rotatable bonds is 4. The van der Waals surface area contributed by atoms with Gasteiger partial charge in [-0.25, -0.2) is 4.98 Å². The third kappa shape index (κ3) is 2.64. The molecule has 0 amide bonds. The molecule has 3 N–H and O–H groups in total. The lowest BCUT2D eigenvalue weighted by molar-refractivity contribution is 0.250. The normalized spacial score (nSPS) is 13.2. The van der Waals surface area contributed by atoms with E-state index in [1.165, 1.54) is 0 Å². The summed E-state index contributed by atoms with van der Waals surface area (Å²) < 4.78 is 0. The van der Waals surface area contributed by atoms with Gasteiger partial charge in [0.1, 0.15) is 5.82 Å². The molecule has 0 bridgehead atoms. The first-order valence-electron chi connectivity index (χ1n) is 4.07. The number of imidazole rings is 1. The molecular formula is C8H15N3O. The summed E-state index contributed by atoms with van der Waals surface area (Å²) in [5, 5.41) is 11.9. The van der Waals surface area contributed by atoms with Gasteiger partial charge in [0.25, 0.3) is 0 Å². The molecule has 68 valence electrons. The molecule has 0 saturated heterocycles. The number of aliphatic hydroxyl groups excluding tert-OH is 1. The van der Waals surface area contributed by atoms with E-state index in [1.54, 1.807) is 6.20 Å². The summed E-state index contributed by atoms with van der Waals surface area (Å²) in [4.78, 5) is 7.16. The Kier molecular flexibility index (Phi) is 3.25. The highest BCUT2D eigenvalue weighted by Gasteiger charge is 2.00. The third-order valence-electron chi connectivity index (χ3n) is 1.67. The third-order valence-corrected chi connectivity index (χ3v) is 1.67. The van der Waals surface area contributed by atoms with E-state index in [1.807, 2.05) is 13.8 Å². The van der Waals surface area contributed by atoms with E-state index >= 15 is 0 Å². The number of hydrogen-bond donors (Lipinski definition) is 3. The van der Waals surface area contributed by atoms with Crippen LogP contribution in [0.15, 0.2) is 6.20 Å². The maximum Gasteiger partial charge on any atom is 0.103 e. The van der Waals surface area contributed by atoms with Crippen LogP contribution in [0.1, 0.15) is 18.4 Å². The lowest BCUT2D eigenvalue weighted by atomic mass is 10.3. The van der Waals surface area contributed by atoms with Crippen LogP contribution in [0.5, 0.6) is 0 Å². The molecule has 0 saturated carbocycles. The highest BCUT2D eigenvalue weighted by molar-refractivity contribution is 4.99. The largest absolute Gasteiger partial charge is 0.395 e. The fraction of sp³-hybridized carbons (Fsp3) is 0.625. The van der Waals surface area contributed by atoms with E-state index in [2.05, 4.69) is 15.3 Å². The molecular weight excluding hydrogens is 154 g/mol. The number of aliphatic hydroxyl groups is 1. The number of nitrogens with one attached hydrogen (secondary N) is 2. The van der Waals surface area contributed by atoms with Gasteiger partial charge in [-0.1, -0.05) is 0 Å². The Balaban J connectivity index is 2.33. The predicted molar refractivity (Wildman–Crippen MR) is 46.7 cm³/mol. The number of H-pyrrole nitrogens is 1. The maximum absolute atomic E-state index is 8.73. The molecule has 0 aliphatic heterocycles. The number of aryl methyl sites for hydroxylation is 1. The Bertz CT molecular complexity index is 234. The van der Waals surface area contributed by atoms with Crippen molar-refractivity contribution in [3.63, 3.8) is 0 Å². The molecule has 4 heteroatoms. The van der Waals surface area contributed by atoms with Crippen molar-refractivity contribution in [2.45, 2.75) is 26.4 Å². The summed E-state index contributed by atoms with van der Waals surface area (Å²) in [5.41, 5.74) is 1.05. The quantitative estimate of drug-likeness (QED) is 0.603. The minimum Gasteiger partial charge on any atom is -0.395 e. The first kappa shape index (κ1) is 9.22. The predicted octanol–water partition coefficient (Wildman–Crippen LogP) is 0.189. The molecule has 1 atom stereocenters. The summed E-state index contributed by atoms with van der Waals surface area (Å²) in [7, 11) is 0. The van der Waals surface area contributed by atoms with Gasteiger partial charge in [0.05, 0.1) is 6.61 Å². The zero-order chi connectivity index (χ0) is 8.97. The fourth-order valence-corrected chi connectivity index (χ4v) is 0.910. The smallest absolute Gasteiger partial charge is 0.103 e. The highest BCUT2D eigenvalue weighted by Crippen LogP contribution is 1.95. The van der Waals surface area contributed by atoms with Crippen molar-refractivity contribution in [2.75, 3.05) is 6.61 Å². The van der Waals surface area contributed by atoms with Crippen LogP contribution in [-0.4, -0.2) is 27.7 Å². The Morgan fingerprint density at radius 1 is 1.75 bits per heavy atom. The first-order chi connectivity index (χ1) is 5.72. The van der Waals surface area contributed by atoms with Crippen LogP contribution in [0, 0.1) is 6.92 Å². The summed E-state index contributed by atoms with van der Waals surface area (Å²) in [6.07, 6.45) is 1.80. The van der Waals surface area contributed by atoms with Crippen molar-refractivity contribution in [1.82, 2.24) is 15.3 Å². The van der Waals surface area contributed by atoms with Crippen molar-refractivity contribution >= 4 is 0 Å². The molecule has 0 fully saturated rings. The molecule has 0 radical (unpaired) electrons. The molecule has 1 aromatic rings. The monoisotopic (exact) mass is 169 g/mol. The Hall–Kier alpha value is -0.870. The van der Waals surface area contributed by atoms with Gasteiger partial charge in [0.15, 0.2) is 0 Å². The molecule has 0 aliphatic carbocycles. The van der Waals surface area contributed by atoms with Gasteiger partial charge in [-0.15, -0.1) is 0 Å². The van der Waals surface area contributed by atoms with E-state index in [4.69, 9.17) is 5.11 Å². The molecule has 4 nitrogen and oxygen atoms in total. The zero-order valence-electron chi connectivity index (χ0n) is 7.46. The Morgan fingerprint density at radius 2 is 2.50 bits per heavy atom. The van der Waals surface area contributed by atoms with Gasteiger partial charge < -0.3 is 15.4 Å². The summed E-state index contributed by atoms with van der Waals surface area (Å²) in [6.45, 7) is 4.73. The number of aromatic nitrogens is 2. The van der Waals surface area contributed by atoms with Crippen molar-refractivity contribution < 1.29 is 5.11 Å². The molecule has 0 spiro atoms. The van der Waals surface area contributed by atoms with E-state index in [9.17, 15) is 0 Å². The summed E-state index contributed by atoms with van der Waals surface area (Å²) >= 11 is 0. The molecule has 1 rings (SSSR count). The van der Waals surface area contributed by atoms with E-state index < -0.39 is 0 Å². The van der Waals surface area contributed by atoms with E-state index in [0.717, 1.165) is 18.1 Å². The van der Waals surface area contributed by atoms with Crippen LogP contribution in [0.2, 0.25) is 0 Å². The van der Waals surface area contributed by atoms with Gasteiger partial charge in [-0.3, -0.25) is 0 Å². The second kappa shape index (κ2) is 4.23. The lowest BCUT2D eigenvalue weighted by Crippen LogP contribution is -2.28. The van der Waals surface area contributed by atoms with Crippen LogP contribution in [0.4, 0.5) is 0 Å². The SMILES string of the molecule is Cc1ncc(CN[C@H](C)CO)[nH]1. The molecule has 1 heterocycles. The van der Waals surface area contributed by atoms with E-state index in [0.29, 0.717) is 0 Å². The van der Waals surface area contributed by atoms with Crippen LogP contribution < -0.4 is 5.32 Å². The minimum absolute atomic E-state index is 0.133. The van der Waals surface area contributed by atoms with Crippen LogP contribution in [0.25, 0.3) is 0 Å². The molecule has 0 aliphatic rings. The topological polar surface area (TPSA) is 60.9 Å². The second-order valence-electron chi connectivity index (χ2n) is 2.96. The molecule has 0 unspecified atom stereocenters. The van der Waals surface area contributed by atoms with Gasteiger partial charge >= 0.3 is 0 Å². The van der Waals surface area contributed by atoms with Crippen molar-refractivity contribution in [3.05, 3.63) is 17.7 Å². The van der Waals surface area contributed by atoms with Gasteiger partial charge in [-0.2, -0.15) is 0 Å². The highest BCUT2D eigenvalue weighted by atomic mass is 16.3. The first-order valence-corrected chi connectivity index (χ1v) is 4.07. The summed E-state index contributed by atoms with van der Waals surface area (Å²) in [5.74, 6) is 0.920. The molecule has 12 heavy (non-hydrogen) atoms. The van der Waals surface area contributed by atoms with Gasteiger partial charge in [0.2, 0.25) is 0 Å². The van der Waals surface area contributed by atoms with Gasteiger partial charge in [0, 0.05) is 24.5 Å². The van der Waals surface area contributed by atoms with Crippen molar-refractivity contribution in [2.24, 2.45) is 0 Å². The second-order valence-corrected chi connectivity index (χ2v) is 2.96. The molecule has 0 aromatic carbocycles. The van der Waals surface area contributed by atoms with Crippen molar-refractivity contribution in [3.8, 4) is 0 Å². The number of nitrogens with zero attached hydrogens (tertiary/aromatic N) is 1. The zero-order valence-corrected chi connectivity index (χ0v) is 7.46. The summed E-state index contributed by atoms with van der Waals surface area (Å²) in [6, 6.07) is 0.133. The average molecular weight is 169 g/mol. The van der Waals surface area contributed by atoms with Crippen LogP contribution >= 0.6 is 0 Å². The Morgan fingerprint density at radius 3 is 3.00 bits per heavy atom. The van der Waals surface area contributed by atoms with Crippen molar-refractivity contribution in [1.29, 1.82) is 0 Å². The maximum atomic E-state index is 8.73.